The van der Waals surface area contributed by atoms with Crippen LogP contribution in [0.5, 0.6) is 0 Å². The van der Waals surface area contributed by atoms with Gasteiger partial charge in [0, 0.05) is 49.0 Å². The molecule has 4 heterocycles. The molecule has 2 N–H and O–H groups in total. The second kappa shape index (κ2) is 7.75. The number of para-hydroxylation sites is 1. The van der Waals surface area contributed by atoms with Crippen LogP contribution in [-0.2, 0) is 13.0 Å². The highest BCUT2D eigenvalue weighted by Crippen LogP contribution is 2.25. The zero-order valence-electron chi connectivity index (χ0n) is 16.1. The highest BCUT2D eigenvalue weighted by molar-refractivity contribution is 5.96. The van der Waals surface area contributed by atoms with Gasteiger partial charge in [-0.3, -0.25) is 9.78 Å². The lowest BCUT2D eigenvalue weighted by atomic mass is 10.1. The van der Waals surface area contributed by atoms with E-state index >= 15 is 0 Å². The summed E-state index contributed by atoms with van der Waals surface area (Å²) in [5.74, 6) is 0.967. The van der Waals surface area contributed by atoms with Crippen molar-refractivity contribution in [3.63, 3.8) is 0 Å². The van der Waals surface area contributed by atoms with Crippen molar-refractivity contribution in [1.29, 1.82) is 0 Å². The fourth-order valence-electron chi connectivity index (χ4n) is 3.54. The zero-order chi connectivity index (χ0) is 20.3. The Morgan fingerprint density at radius 3 is 2.83 bits per heavy atom. The summed E-state index contributed by atoms with van der Waals surface area (Å²) in [7, 11) is 0. The van der Waals surface area contributed by atoms with Crippen LogP contribution in [0.4, 0.5) is 5.82 Å². The number of rotatable bonds is 5. The predicted molar refractivity (Wildman–Crippen MR) is 112 cm³/mol. The standard InChI is InChI=1S/C22H19N7O/c30-22-19-17(8-11-24-22)21(28-20(27-19)16-6-3-9-23-13-16)25-14-15-5-1-2-7-18(15)29-12-4-10-26-29/h1-7,9-10,12-13H,8,11,14H2,(H,24,30)(H,25,27,28). The number of hydrogen-bond acceptors (Lipinski definition) is 6. The van der Waals surface area contributed by atoms with Crippen LogP contribution in [0, 0.1) is 0 Å². The van der Waals surface area contributed by atoms with Crippen LogP contribution in [0.1, 0.15) is 21.6 Å². The molecule has 5 rings (SSSR count). The number of nitrogens with one attached hydrogen (secondary N) is 2. The first kappa shape index (κ1) is 18.0. The number of carbonyl (C=O) groups excluding carboxylic acids is 1. The molecule has 0 atom stereocenters. The molecule has 1 aliphatic heterocycles. The molecule has 30 heavy (non-hydrogen) atoms. The molecule has 1 amide bonds. The Bertz CT molecular complexity index is 1190. The Kier molecular flexibility index (Phi) is 4.65. The maximum absolute atomic E-state index is 12.4. The molecule has 4 aromatic rings. The number of carbonyl (C=O) groups is 1. The van der Waals surface area contributed by atoms with E-state index in [0.717, 1.165) is 22.4 Å². The first-order valence-corrected chi connectivity index (χ1v) is 9.71. The van der Waals surface area contributed by atoms with Crippen LogP contribution in [-0.4, -0.2) is 37.2 Å². The lowest BCUT2D eigenvalue weighted by molar-refractivity contribution is 0.0940. The SMILES string of the molecule is O=C1NCCc2c(NCc3ccccc3-n3cccn3)nc(-c3cccnc3)nc21. The molecule has 0 radical (unpaired) electrons. The summed E-state index contributed by atoms with van der Waals surface area (Å²) >= 11 is 0. The van der Waals surface area contributed by atoms with Gasteiger partial charge in [-0.15, -0.1) is 0 Å². The number of anilines is 1. The summed E-state index contributed by atoms with van der Waals surface area (Å²) in [6.45, 7) is 1.10. The van der Waals surface area contributed by atoms with Crippen LogP contribution in [0.2, 0.25) is 0 Å². The topological polar surface area (TPSA) is 97.6 Å². The average Bonchev–Trinajstić information content (AvgIpc) is 3.33. The van der Waals surface area contributed by atoms with Gasteiger partial charge in [0.1, 0.15) is 11.5 Å². The van der Waals surface area contributed by atoms with E-state index in [4.69, 9.17) is 4.98 Å². The minimum atomic E-state index is -0.177. The van der Waals surface area contributed by atoms with Crippen molar-refractivity contribution < 1.29 is 4.79 Å². The number of benzene rings is 1. The van der Waals surface area contributed by atoms with Crippen LogP contribution < -0.4 is 10.6 Å². The molecule has 148 valence electrons. The van der Waals surface area contributed by atoms with E-state index in [1.165, 1.54) is 0 Å². The minimum absolute atomic E-state index is 0.177. The first-order chi connectivity index (χ1) is 14.8. The van der Waals surface area contributed by atoms with Crippen molar-refractivity contribution in [2.24, 2.45) is 0 Å². The van der Waals surface area contributed by atoms with Gasteiger partial charge in [0.2, 0.25) is 0 Å². The third-order valence-corrected chi connectivity index (χ3v) is 4.99. The van der Waals surface area contributed by atoms with Gasteiger partial charge in [0.15, 0.2) is 5.82 Å². The number of amides is 1. The smallest absolute Gasteiger partial charge is 0.270 e. The fraction of sp³-hybridized carbons (Fsp3) is 0.136. The molecule has 3 aromatic heterocycles. The van der Waals surface area contributed by atoms with Crippen molar-refractivity contribution >= 4 is 11.7 Å². The third-order valence-electron chi connectivity index (χ3n) is 4.99. The molecule has 0 spiro atoms. The summed E-state index contributed by atoms with van der Waals surface area (Å²) < 4.78 is 1.83. The monoisotopic (exact) mass is 397 g/mol. The van der Waals surface area contributed by atoms with E-state index < -0.39 is 0 Å². The van der Waals surface area contributed by atoms with E-state index in [0.29, 0.717) is 36.8 Å². The predicted octanol–water partition coefficient (Wildman–Crippen LogP) is 2.62. The van der Waals surface area contributed by atoms with E-state index in [9.17, 15) is 4.79 Å². The summed E-state index contributed by atoms with van der Waals surface area (Å²) in [6.07, 6.45) is 7.73. The van der Waals surface area contributed by atoms with Gasteiger partial charge in [0.25, 0.3) is 5.91 Å². The Labute approximate surface area is 173 Å². The van der Waals surface area contributed by atoms with Crippen LogP contribution >= 0.6 is 0 Å². The number of hydrogen-bond donors (Lipinski definition) is 2. The Hall–Kier alpha value is -4.07. The van der Waals surface area contributed by atoms with E-state index in [1.807, 2.05) is 53.3 Å². The van der Waals surface area contributed by atoms with Gasteiger partial charge in [-0.05, 0) is 36.2 Å². The zero-order valence-corrected chi connectivity index (χ0v) is 16.1. The summed E-state index contributed by atoms with van der Waals surface area (Å²) in [5, 5.41) is 10.6. The van der Waals surface area contributed by atoms with Crippen molar-refractivity contribution in [3.05, 3.63) is 84.1 Å². The fourth-order valence-corrected chi connectivity index (χ4v) is 3.54. The summed E-state index contributed by atoms with van der Waals surface area (Å²) in [5.41, 5.74) is 4.07. The number of aromatic nitrogens is 5. The van der Waals surface area contributed by atoms with Gasteiger partial charge >= 0.3 is 0 Å². The molecule has 0 bridgehead atoms. The van der Waals surface area contributed by atoms with E-state index in [1.54, 1.807) is 18.6 Å². The lowest BCUT2D eigenvalue weighted by Crippen LogP contribution is -2.34. The Morgan fingerprint density at radius 2 is 2.00 bits per heavy atom. The second-order valence-corrected chi connectivity index (χ2v) is 6.90. The molecule has 1 aliphatic rings. The van der Waals surface area contributed by atoms with E-state index in [2.05, 4.69) is 25.7 Å². The second-order valence-electron chi connectivity index (χ2n) is 6.90. The molecule has 0 saturated carbocycles. The van der Waals surface area contributed by atoms with Crippen molar-refractivity contribution in [2.75, 3.05) is 11.9 Å². The summed E-state index contributed by atoms with van der Waals surface area (Å²) in [6, 6.07) is 13.6. The van der Waals surface area contributed by atoms with Crippen molar-refractivity contribution in [3.8, 4) is 17.1 Å². The average molecular weight is 397 g/mol. The van der Waals surface area contributed by atoms with Gasteiger partial charge in [-0.1, -0.05) is 18.2 Å². The maximum atomic E-state index is 12.4. The number of fused-ring (bicyclic) bond motifs is 1. The number of nitrogens with zero attached hydrogens (tertiary/aromatic N) is 5. The Morgan fingerprint density at radius 1 is 1.07 bits per heavy atom. The molecule has 0 fully saturated rings. The van der Waals surface area contributed by atoms with Crippen LogP contribution in [0.3, 0.4) is 0 Å². The van der Waals surface area contributed by atoms with Crippen molar-refractivity contribution in [2.45, 2.75) is 13.0 Å². The molecular weight excluding hydrogens is 378 g/mol. The summed E-state index contributed by atoms with van der Waals surface area (Å²) in [4.78, 5) is 25.8. The highest BCUT2D eigenvalue weighted by Gasteiger charge is 2.24. The maximum Gasteiger partial charge on any atom is 0.270 e. The van der Waals surface area contributed by atoms with E-state index in [-0.39, 0.29) is 5.91 Å². The van der Waals surface area contributed by atoms with Gasteiger partial charge < -0.3 is 10.6 Å². The molecular formula is C22H19N7O. The normalized spacial score (nSPS) is 12.9. The van der Waals surface area contributed by atoms with Crippen molar-refractivity contribution in [1.82, 2.24) is 30.0 Å². The molecule has 0 unspecified atom stereocenters. The van der Waals surface area contributed by atoms with Crippen LogP contribution in [0.15, 0.2) is 67.3 Å². The molecule has 0 aliphatic carbocycles. The third kappa shape index (κ3) is 3.39. The van der Waals surface area contributed by atoms with Gasteiger partial charge in [-0.2, -0.15) is 5.10 Å². The molecule has 1 aromatic carbocycles. The molecule has 8 nitrogen and oxygen atoms in total. The number of pyridine rings is 1. The first-order valence-electron chi connectivity index (χ1n) is 9.71. The minimum Gasteiger partial charge on any atom is -0.366 e. The van der Waals surface area contributed by atoms with Gasteiger partial charge in [0.05, 0.1) is 5.69 Å². The molecule has 0 saturated heterocycles. The lowest BCUT2D eigenvalue weighted by Gasteiger charge is -2.20. The Balaban J connectivity index is 1.52. The van der Waals surface area contributed by atoms with Gasteiger partial charge in [-0.25, -0.2) is 14.6 Å². The quantitative estimate of drug-likeness (QED) is 0.537. The molecule has 8 heteroatoms. The largest absolute Gasteiger partial charge is 0.366 e. The highest BCUT2D eigenvalue weighted by atomic mass is 16.1. The van der Waals surface area contributed by atoms with Crippen LogP contribution in [0.25, 0.3) is 17.1 Å².